The van der Waals surface area contributed by atoms with Crippen LogP contribution in [0.4, 0.5) is 0 Å². The van der Waals surface area contributed by atoms with Gasteiger partial charge in [-0.25, -0.2) is 5.06 Å². The van der Waals surface area contributed by atoms with Crippen LogP contribution in [0.15, 0.2) is 42.5 Å². The Morgan fingerprint density at radius 3 is 2.09 bits per heavy atom. The Morgan fingerprint density at radius 2 is 1.62 bits per heavy atom. The topological polar surface area (TPSA) is 166 Å². The summed E-state index contributed by atoms with van der Waals surface area (Å²) in [5, 5.41) is 1.59. The Morgan fingerprint density at radius 1 is 1.06 bits per heavy atom. The quantitative estimate of drug-likeness (QED) is 0.254. The molecule has 0 fully saturated rings. The lowest BCUT2D eigenvalue weighted by atomic mass is 10.1. The van der Waals surface area contributed by atoms with Crippen molar-refractivity contribution in [2.75, 3.05) is 13.7 Å². The van der Waals surface area contributed by atoms with E-state index in [1.54, 1.807) is 26.2 Å². The van der Waals surface area contributed by atoms with E-state index in [9.17, 15) is 19.1 Å². The number of ether oxygens (including phenoxy) is 1. The third kappa shape index (κ3) is 8.35. The van der Waals surface area contributed by atoms with Crippen molar-refractivity contribution in [2.24, 2.45) is 0 Å². The third-order valence-electron chi connectivity index (χ3n) is 4.56. The van der Waals surface area contributed by atoms with Crippen molar-refractivity contribution in [1.82, 2.24) is 17.4 Å². The van der Waals surface area contributed by atoms with Crippen LogP contribution in [0, 0.1) is 0 Å². The van der Waals surface area contributed by atoms with Crippen LogP contribution < -0.4 is 17.0 Å². The van der Waals surface area contributed by atoms with Gasteiger partial charge in [0, 0.05) is 13.5 Å². The van der Waals surface area contributed by atoms with Gasteiger partial charge in [0.1, 0.15) is 11.9 Å². The molecule has 2 rings (SSSR count). The van der Waals surface area contributed by atoms with Gasteiger partial charge in [0.15, 0.2) is 0 Å². The molecule has 8 N–H and O–H groups in total. The monoisotopic (exact) mass is 509 g/mol. The maximum absolute atomic E-state index is 12.1. The van der Waals surface area contributed by atoms with E-state index in [0.29, 0.717) is 11.3 Å². The minimum Gasteiger partial charge on any atom is -0.497 e. The van der Waals surface area contributed by atoms with Gasteiger partial charge in [-0.05, 0) is 48.7 Å². The van der Waals surface area contributed by atoms with Crippen molar-refractivity contribution in [1.29, 1.82) is 0 Å². The lowest BCUT2D eigenvalue weighted by Gasteiger charge is -2.27. The molecule has 32 heavy (non-hydrogen) atoms. The lowest BCUT2D eigenvalue weighted by Crippen LogP contribution is -2.32. The van der Waals surface area contributed by atoms with Gasteiger partial charge < -0.3 is 26.8 Å². The first-order valence-corrected chi connectivity index (χ1v) is 11.6. The van der Waals surface area contributed by atoms with Gasteiger partial charge in [0.05, 0.1) is 22.8 Å². The average Bonchev–Trinajstić information content (AvgIpc) is 2.68. The average molecular weight is 510 g/mol. The largest absolute Gasteiger partial charge is 0.497 e. The zero-order chi connectivity index (χ0) is 22.5. The van der Waals surface area contributed by atoms with Crippen LogP contribution in [0.2, 0.25) is 10.0 Å². The summed E-state index contributed by atoms with van der Waals surface area (Å²) in [5.74, 6) is 0.314. The Hall–Kier alpha value is -1.68. The second-order valence-corrected chi connectivity index (χ2v) is 9.32. The van der Waals surface area contributed by atoms with E-state index in [2.05, 4.69) is 0 Å². The van der Waals surface area contributed by atoms with Crippen LogP contribution in [-0.4, -0.2) is 34.4 Å². The molecule has 2 unspecified atom stereocenters. The lowest BCUT2D eigenvalue weighted by molar-refractivity contribution is -0.203. The van der Waals surface area contributed by atoms with Gasteiger partial charge in [-0.15, -0.1) is 0 Å². The molecule has 12 heteroatoms. The van der Waals surface area contributed by atoms with Crippen LogP contribution in [0.3, 0.4) is 0 Å². The summed E-state index contributed by atoms with van der Waals surface area (Å²) >= 11 is 11.9. The third-order valence-corrected chi connectivity index (χ3v) is 6.67. The van der Waals surface area contributed by atoms with E-state index in [1.807, 2.05) is 12.1 Å². The van der Waals surface area contributed by atoms with Gasteiger partial charge in [-0.3, -0.25) is 14.2 Å². The highest BCUT2D eigenvalue weighted by Crippen LogP contribution is 2.54. The summed E-state index contributed by atoms with van der Waals surface area (Å²) in [6, 6.07) is 11.6. The number of carbonyl (C=O) groups excluding carboxylic acids is 1. The van der Waals surface area contributed by atoms with Crippen molar-refractivity contribution in [3.05, 3.63) is 63.6 Å². The fraction of sp³-hybridized carbons (Fsp3) is 0.350. The smallest absolute Gasteiger partial charge is 0.333 e. The van der Waals surface area contributed by atoms with E-state index in [1.165, 1.54) is 25.1 Å². The minimum atomic E-state index is -4.53. The van der Waals surface area contributed by atoms with Crippen LogP contribution in [0.25, 0.3) is 0 Å². The van der Waals surface area contributed by atoms with Gasteiger partial charge >= 0.3 is 7.60 Å². The SMILES string of the molecule is COc1ccc(C(C)ON(CCC(c2ccc(Cl)c(Cl)c2)P(=O)(O)O)C(C)=O)cc1.N.N. The van der Waals surface area contributed by atoms with E-state index < -0.39 is 19.4 Å². The first kappa shape index (κ1) is 30.3. The molecule has 0 aliphatic heterocycles. The molecule has 0 bridgehead atoms. The summed E-state index contributed by atoms with van der Waals surface area (Å²) in [7, 11) is -2.96. The van der Waals surface area contributed by atoms with Gasteiger partial charge in [-0.1, -0.05) is 41.4 Å². The Balaban J connectivity index is 0.00000480. The van der Waals surface area contributed by atoms with Gasteiger partial charge in [0.25, 0.3) is 0 Å². The number of hydroxylamine groups is 2. The number of methoxy groups -OCH3 is 1. The summed E-state index contributed by atoms with van der Waals surface area (Å²) in [6.07, 6.45) is -0.491. The molecule has 2 atom stereocenters. The predicted octanol–water partition coefficient (Wildman–Crippen LogP) is 5.48. The van der Waals surface area contributed by atoms with Gasteiger partial charge in [-0.2, -0.15) is 0 Å². The number of amides is 1. The van der Waals surface area contributed by atoms with E-state index >= 15 is 0 Å². The normalized spacial score (nSPS) is 12.7. The number of halogens is 2. The first-order valence-electron chi connectivity index (χ1n) is 9.12. The fourth-order valence-corrected chi connectivity index (χ4v) is 4.21. The molecule has 0 spiro atoms. The van der Waals surface area contributed by atoms with Gasteiger partial charge in [0.2, 0.25) is 5.91 Å². The van der Waals surface area contributed by atoms with Crippen molar-refractivity contribution in [2.45, 2.75) is 32.0 Å². The van der Waals surface area contributed by atoms with E-state index in [0.717, 1.165) is 10.6 Å². The second kappa shape index (κ2) is 13.1. The highest BCUT2D eigenvalue weighted by Gasteiger charge is 2.32. The van der Waals surface area contributed by atoms with Crippen molar-refractivity contribution in [3.63, 3.8) is 0 Å². The number of hydrogen-bond donors (Lipinski definition) is 4. The molecule has 0 saturated heterocycles. The number of rotatable bonds is 9. The molecule has 2 aromatic rings. The zero-order valence-electron chi connectivity index (χ0n) is 18.2. The highest BCUT2D eigenvalue weighted by atomic mass is 35.5. The summed E-state index contributed by atoms with van der Waals surface area (Å²) < 4.78 is 17.2. The van der Waals surface area contributed by atoms with Crippen molar-refractivity contribution >= 4 is 36.7 Å². The molecule has 0 aliphatic rings. The number of hydrogen-bond acceptors (Lipinski definition) is 6. The zero-order valence-corrected chi connectivity index (χ0v) is 20.6. The summed E-state index contributed by atoms with van der Waals surface area (Å²) in [6.45, 7) is 3.08. The Kier molecular flexibility index (Phi) is 12.4. The molecule has 9 nitrogen and oxygen atoms in total. The molecule has 0 radical (unpaired) electrons. The van der Waals surface area contributed by atoms with E-state index in [-0.39, 0.29) is 41.2 Å². The van der Waals surface area contributed by atoms with E-state index in [4.69, 9.17) is 32.8 Å². The number of carbonyl (C=O) groups is 1. The summed E-state index contributed by atoms with van der Waals surface area (Å²) in [4.78, 5) is 37.5. The second-order valence-electron chi connectivity index (χ2n) is 6.71. The Labute approximate surface area is 197 Å². The molecule has 1 amide bonds. The number of benzene rings is 2. The van der Waals surface area contributed by atoms with Crippen molar-refractivity contribution in [3.8, 4) is 5.75 Å². The molecule has 0 heterocycles. The molecule has 2 aromatic carbocycles. The molecule has 0 aromatic heterocycles. The predicted molar refractivity (Wildman–Crippen MR) is 126 cm³/mol. The maximum atomic E-state index is 12.1. The minimum absolute atomic E-state index is 0. The Bertz CT molecular complexity index is 926. The molecule has 0 aliphatic carbocycles. The van der Waals surface area contributed by atoms with Crippen LogP contribution in [0.5, 0.6) is 5.75 Å². The maximum Gasteiger partial charge on any atom is 0.333 e. The molecular weight excluding hydrogens is 480 g/mol. The van der Waals surface area contributed by atoms with Crippen LogP contribution >= 0.6 is 30.8 Å². The number of nitrogens with zero attached hydrogens (tertiary/aromatic N) is 1. The fourth-order valence-electron chi connectivity index (χ4n) is 2.90. The van der Waals surface area contributed by atoms with Crippen LogP contribution in [-0.2, 0) is 14.2 Å². The molecule has 180 valence electrons. The standard InChI is InChI=1S/C20H24Cl2NO6P.2H3N/c1-13(15-4-7-17(28-3)8-5-15)29-23(14(2)24)11-10-20(30(25,26)27)16-6-9-18(21)19(22)12-16;;/h4-9,12-13,20H,10-11H2,1-3H3,(H2,25,26,27);2*1H3. The van der Waals surface area contributed by atoms with Crippen LogP contribution in [0.1, 0.15) is 43.2 Å². The molecular formula is C20H30Cl2N3O6P. The first-order chi connectivity index (χ1) is 14.0. The molecule has 0 saturated carbocycles. The van der Waals surface area contributed by atoms with Crippen molar-refractivity contribution < 1.29 is 28.7 Å². The summed E-state index contributed by atoms with van der Waals surface area (Å²) in [5.41, 5.74) is -0.00322. The highest BCUT2D eigenvalue weighted by molar-refractivity contribution is 7.52.